The molecule has 4 heteroatoms. The van der Waals surface area contributed by atoms with Crippen LogP contribution >= 0.6 is 11.8 Å². The average Bonchev–Trinajstić information content (AvgIpc) is 2.39. The zero-order valence-corrected chi connectivity index (χ0v) is 11.7. The smallest absolute Gasteiger partial charge is 0.224 e. The van der Waals surface area contributed by atoms with Gasteiger partial charge >= 0.3 is 0 Å². The van der Waals surface area contributed by atoms with Crippen LogP contribution in [0.25, 0.3) is 0 Å². The average molecular weight is 267 g/mol. The Morgan fingerprint density at radius 1 is 1.39 bits per heavy atom. The summed E-state index contributed by atoms with van der Waals surface area (Å²) in [5.41, 5.74) is 1.04. The first-order valence-corrected chi connectivity index (χ1v) is 7.53. The molecule has 1 aromatic carbocycles. The van der Waals surface area contributed by atoms with Crippen molar-refractivity contribution in [2.24, 2.45) is 5.92 Å². The molecule has 0 aliphatic heterocycles. The third kappa shape index (κ3) is 4.70. The summed E-state index contributed by atoms with van der Waals surface area (Å²) in [6.07, 6.45) is 2.54. The minimum atomic E-state index is -0.104. The predicted molar refractivity (Wildman–Crippen MR) is 76.6 cm³/mol. The molecular formula is C14H21NO2S. The lowest BCUT2D eigenvalue weighted by molar-refractivity contribution is -0.124. The van der Waals surface area contributed by atoms with Crippen molar-refractivity contribution >= 4 is 17.7 Å². The molecule has 0 aliphatic rings. The largest absolute Gasteiger partial charge is 0.396 e. The summed E-state index contributed by atoms with van der Waals surface area (Å²) in [6, 6.07) is 9.67. The molecule has 0 bridgehead atoms. The third-order valence-electron chi connectivity index (χ3n) is 2.80. The predicted octanol–water partition coefficient (Wildman–Crippen LogP) is 2.23. The van der Waals surface area contributed by atoms with Gasteiger partial charge in [-0.1, -0.05) is 37.3 Å². The van der Waals surface area contributed by atoms with Crippen LogP contribution in [0.2, 0.25) is 0 Å². The Kier molecular flexibility index (Phi) is 6.83. The highest BCUT2D eigenvalue weighted by molar-refractivity contribution is 7.98. The summed E-state index contributed by atoms with van der Waals surface area (Å²) in [5.74, 6) is 0.850. The molecule has 1 aromatic rings. The highest BCUT2D eigenvalue weighted by Crippen LogP contribution is 2.17. The van der Waals surface area contributed by atoms with E-state index < -0.39 is 0 Å². The lowest BCUT2D eigenvalue weighted by atomic mass is 10.0. The van der Waals surface area contributed by atoms with E-state index in [4.69, 9.17) is 5.11 Å². The van der Waals surface area contributed by atoms with Gasteiger partial charge < -0.3 is 10.4 Å². The number of nitrogens with one attached hydrogen (secondary N) is 1. The summed E-state index contributed by atoms with van der Waals surface area (Å²) in [6.45, 7) is 1.99. The number of thioether (sulfide) groups is 1. The Labute approximate surface area is 113 Å². The van der Waals surface area contributed by atoms with Crippen LogP contribution in [0.1, 0.15) is 24.9 Å². The number of aliphatic hydroxyl groups excluding tert-OH is 1. The second kappa shape index (κ2) is 8.16. The van der Waals surface area contributed by atoms with Gasteiger partial charge in [0, 0.05) is 18.3 Å². The molecule has 0 aromatic heterocycles. The molecule has 0 spiro atoms. The van der Waals surface area contributed by atoms with E-state index in [1.807, 2.05) is 43.5 Å². The Bertz CT molecular complexity index is 356. The number of hydrogen-bond donors (Lipinski definition) is 2. The summed E-state index contributed by atoms with van der Waals surface area (Å²) in [4.78, 5) is 12.0. The van der Waals surface area contributed by atoms with Crippen molar-refractivity contribution in [1.82, 2.24) is 5.32 Å². The van der Waals surface area contributed by atoms with Crippen LogP contribution in [0, 0.1) is 5.92 Å². The lowest BCUT2D eigenvalue weighted by Gasteiger charge is -2.20. The zero-order valence-electron chi connectivity index (χ0n) is 10.9. The van der Waals surface area contributed by atoms with Gasteiger partial charge in [0.25, 0.3) is 0 Å². The molecule has 1 amide bonds. The van der Waals surface area contributed by atoms with Crippen LogP contribution in [0.3, 0.4) is 0 Å². The van der Waals surface area contributed by atoms with Gasteiger partial charge in [-0.15, -0.1) is 0 Å². The third-order valence-corrected chi connectivity index (χ3v) is 3.63. The van der Waals surface area contributed by atoms with Crippen LogP contribution < -0.4 is 5.32 Å². The number of rotatable bonds is 7. The molecule has 0 heterocycles. The van der Waals surface area contributed by atoms with Crippen molar-refractivity contribution in [2.45, 2.75) is 19.4 Å². The molecule has 1 rings (SSSR count). The van der Waals surface area contributed by atoms with Gasteiger partial charge in [0.15, 0.2) is 0 Å². The molecular weight excluding hydrogens is 246 g/mol. The van der Waals surface area contributed by atoms with Crippen molar-refractivity contribution in [2.75, 3.05) is 18.6 Å². The Morgan fingerprint density at radius 2 is 2.06 bits per heavy atom. The fourth-order valence-electron chi connectivity index (χ4n) is 1.78. The maximum absolute atomic E-state index is 12.0. The topological polar surface area (TPSA) is 49.3 Å². The van der Waals surface area contributed by atoms with E-state index in [-0.39, 0.29) is 24.5 Å². The lowest BCUT2D eigenvalue weighted by Crippen LogP contribution is -2.34. The van der Waals surface area contributed by atoms with Gasteiger partial charge in [0.1, 0.15) is 0 Å². The number of carbonyl (C=O) groups excluding carboxylic acids is 1. The summed E-state index contributed by atoms with van der Waals surface area (Å²) < 4.78 is 0. The quantitative estimate of drug-likeness (QED) is 0.796. The normalized spacial score (nSPS) is 13.9. The first-order chi connectivity index (χ1) is 8.69. The Hall–Kier alpha value is -1.00. The fourth-order valence-corrected chi connectivity index (χ4v) is 2.43. The number of amides is 1. The van der Waals surface area contributed by atoms with Crippen LogP contribution in [0.15, 0.2) is 30.3 Å². The summed E-state index contributed by atoms with van der Waals surface area (Å²) >= 11 is 1.66. The summed E-state index contributed by atoms with van der Waals surface area (Å²) in [5, 5.41) is 12.1. The van der Waals surface area contributed by atoms with Crippen molar-refractivity contribution in [1.29, 1.82) is 0 Å². The first kappa shape index (κ1) is 15.1. The van der Waals surface area contributed by atoms with Crippen LogP contribution in [0.4, 0.5) is 0 Å². The molecule has 18 heavy (non-hydrogen) atoms. The van der Waals surface area contributed by atoms with Crippen molar-refractivity contribution in [3.05, 3.63) is 35.9 Å². The molecule has 2 atom stereocenters. The van der Waals surface area contributed by atoms with Gasteiger partial charge in [-0.2, -0.15) is 11.8 Å². The van der Waals surface area contributed by atoms with E-state index >= 15 is 0 Å². The van der Waals surface area contributed by atoms with Gasteiger partial charge in [-0.3, -0.25) is 4.79 Å². The van der Waals surface area contributed by atoms with E-state index in [2.05, 4.69) is 5.32 Å². The molecule has 0 saturated carbocycles. The highest BCUT2D eigenvalue weighted by Gasteiger charge is 2.18. The van der Waals surface area contributed by atoms with Gasteiger partial charge in [-0.25, -0.2) is 0 Å². The number of aliphatic hydroxyl groups is 1. The van der Waals surface area contributed by atoms with Gasteiger partial charge in [-0.05, 0) is 18.2 Å². The Morgan fingerprint density at radius 3 is 2.61 bits per heavy atom. The first-order valence-electron chi connectivity index (χ1n) is 6.14. The monoisotopic (exact) mass is 267 g/mol. The minimum Gasteiger partial charge on any atom is -0.396 e. The van der Waals surface area contributed by atoms with Gasteiger partial charge in [0.05, 0.1) is 6.04 Å². The van der Waals surface area contributed by atoms with Crippen molar-refractivity contribution in [3.63, 3.8) is 0 Å². The van der Waals surface area contributed by atoms with Crippen molar-refractivity contribution in [3.8, 4) is 0 Å². The number of carbonyl (C=O) groups is 1. The van der Waals surface area contributed by atoms with E-state index in [1.165, 1.54) is 0 Å². The van der Waals surface area contributed by atoms with Gasteiger partial charge in [0.2, 0.25) is 5.91 Å². The maximum Gasteiger partial charge on any atom is 0.224 e. The van der Waals surface area contributed by atoms with E-state index in [9.17, 15) is 4.79 Å². The van der Waals surface area contributed by atoms with Crippen LogP contribution in [-0.2, 0) is 4.79 Å². The molecule has 0 aliphatic carbocycles. The second-order valence-electron chi connectivity index (χ2n) is 4.34. The molecule has 3 nitrogen and oxygen atoms in total. The van der Waals surface area contributed by atoms with E-state index in [0.717, 1.165) is 11.3 Å². The maximum atomic E-state index is 12.0. The molecule has 0 saturated heterocycles. The second-order valence-corrected chi connectivity index (χ2v) is 5.25. The van der Waals surface area contributed by atoms with Crippen LogP contribution in [-0.4, -0.2) is 29.6 Å². The molecule has 100 valence electrons. The standard InChI is InChI=1S/C14H21NO2S/c1-11(10-18-2)14(17)15-13(8-9-16)12-6-4-3-5-7-12/h3-7,11,13,16H,8-10H2,1-2H3,(H,15,17). The minimum absolute atomic E-state index is 0.00935. The molecule has 2 unspecified atom stereocenters. The number of benzene rings is 1. The van der Waals surface area contributed by atoms with Crippen molar-refractivity contribution < 1.29 is 9.90 Å². The number of hydrogen-bond acceptors (Lipinski definition) is 3. The van der Waals surface area contributed by atoms with E-state index in [0.29, 0.717) is 6.42 Å². The molecule has 0 radical (unpaired) electrons. The van der Waals surface area contributed by atoms with Crippen LogP contribution in [0.5, 0.6) is 0 Å². The fraction of sp³-hybridized carbons (Fsp3) is 0.500. The SMILES string of the molecule is CSCC(C)C(=O)NC(CCO)c1ccccc1. The molecule has 0 fully saturated rings. The molecule has 2 N–H and O–H groups in total. The Balaban J connectivity index is 2.66. The zero-order chi connectivity index (χ0) is 13.4. The van der Waals surface area contributed by atoms with E-state index in [1.54, 1.807) is 11.8 Å². The highest BCUT2D eigenvalue weighted by atomic mass is 32.2. The summed E-state index contributed by atoms with van der Waals surface area (Å²) in [7, 11) is 0.